The minimum atomic E-state index is -0.825. The van der Waals surface area contributed by atoms with Crippen molar-refractivity contribution in [1.29, 1.82) is 5.41 Å². The molecule has 0 amide bonds. The van der Waals surface area contributed by atoms with Crippen LogP contribution in [-0.4, -0.2) is 16.9 Å². The molecule has 0 fully saturated rings. The zero-order valence-corrected chi connectivity index (χ0v) is 9.37. The van der Waals surface area contributed by atoms with Gasteiger partial charge < -0.3 is 10.8 Å². The monoisotopic (exact) mass is 238 g/mol. The second-order valence-electron chi connectivity index (χ2n) is 3.86. The number of carbonyl (C=O) groups is 1. The van der Waals surface area contributed by atoms with Gasteiger partial charge in [-0.1, -0.05) is 0 Å². The van der Waals surface area contributed by atoms with E-state index in [0.29, 0.717) is 24.8 Å². The highest BCUT2D eigenvalue weighted by molar-refractivity contribution is 5.95. The summed E-state index contributed by atoms with van der Waals surface area (Å²) in [7, 11) is 0. The lowest BCUT2D eigenvalue weighted by atomic mass is 10.0. The lowest BCUT2D eigenvalue weighted by molar-refractivity contribution is -0.137. The fourth-order valence-electron chi connectivity index (χ4n) is 1.56. The van der Waals surface area contributed by atoms with Gasteiger partial charge in [-0.2, -0.15) is 0 Å². The van der Waals surface area contributed by atoms with E-state index in [2.05, 4.69) is 0 Å². The molecule has 0 heterocycles. The molecule has 17 heavy (non-hydrogen) atoms. The van der Waals surface area contributed by atoms with E-state index >= 15 is 0 Å². The van der Waals surface area contributed by atoms with Crippen LogP contribution >= 0.6 is 0 Å². The molecule has 1 aromatic carbocycles. The fraction of sp³-hybridized carbons (Fsp3) is 0.333. The van der Waals surface area contributed by atoms with E-state index < -0.39 is 11.8 Å². The van der Waals surface area contributed by atoms with Gasteiger partial charge in [0.25, 0.3) is 0 Å². The van der Waals surface area contributed by atoms with Crippen LogP contribution in [0.15, 0.2) is 18.2 Å². The van der Waals surface area contributed by atoms with Crippen molar-refractivity contribution < 1.29 is 14.3 Å². The van der Waals surface area contributed by atoms with E-state index in [1.165, 1.54) is 12.1 Å². The molecule has 92 valence electrons. The Hall–Kier alpha value is -1.91. The maximum Gasteiger partial charge on any atom is 0.303 e. The number of carboxylic acids is 1. The summed E-state index contributed by atoms with van der Waals surface area (Å²) in [5.41, 5.74) is 6.38. The van der Waals surface area contributed by atoms with Gasteiger partial charge in [0, 0.05) is 12.0 Å². The zero-order chi connectivity index (χ0) is 12.8. The van der Waals surface area contributed by atoms with Crippen molar-refractivity contribution in [3.63, 3.8) is 0 Å². The molecule has 4 N–H and O–H groups in total. The Labute approximate surface area is 98.8 Å². The number of carboxylic acid groups (broad SMARTS) is 1. The Morgan fingerprint density at radius 3 is 2.65 bits per heavy atom. The molecule has 0 aliphatic carbocycles. The zero-order valence-electron chi connectivity index (χ0n) is 9.37. The SMILES string of the molecule is N=C(N)c1cc(F)cc(CCCCC(=O)O)c1. The van der Waals surface area contributed by atoms with Crippen molar-refractivity contribution in [3.05, 3.63) is 35.1 Å². The number of nitrogens with two attached hydrogens (primary N) is 1. The molecule has 0 unspecified atom stereocenters. The molecule has 0 radical (unpaired) electrons. The Kier molecular flexibility index (Phi) is 4.63. The van der Waals surface area contributed by atoms with E-state index in [0.717, 1.165) is 5.56 Å². The van der Waals surface area contributed by atoms with Crippen molar-refractivity contribution in [2.45, 2.75) is 25.7 Å². The fourth-order valence-corrected chi connectivity index (χ4v) is 1.56. The first-order valence-corrected chi connectivity index (χ1v) is 5.34. The Morgan fingerprint density at radius 2 is 2.06 bits per heavy atom. The van der Waals surface area contributed by atoms with Gasteiger partial charge in [-0.05, 0) is 43.0 Å². The second-order valence-corrected chi connectivity index (χ2v) is 3.86. The number of rotatable bonds is 6. The Bertz CT molecular complexity index is 433. The third kappa shape index (κ3) is 4.63. The van der Waals surface area contributed by atoms with Gasteiger partial charge in [-0.25, -0.2) is 4.39 Å². The van der Waals surface area contributed by atoms with E-state index in [9.17, 15) is 9.18 Å². The van der Waals surface area contributed by atoms with Gasteiger partial charge >= 0.3 is 5.97 Å². The number of hydrogen-bond donors (Lipinski definition) is 3. The number of aliphatic carboxylic acids is 1. The molecule has 1 rings (SSSR count). The highest BCUT2D eigenvalue weighted by Gasteiger charge is 2.04. The molecular formula is C12H15FN2O2. The Morgan fingerprint density at radius 1 is 1.35 bits per heavy atom. The third-order valence-corrected chi connectivity index (χ3v) is 2.37. The van der Waals surface area contributed by atoms with Crippen LogP contribution in [0.5, 0.6) is 0 Å². The molecule has 0 atom stereocenters. The maximum absolute atomic E-state index is 13.2. The largest absolute Gasteiger partial charge is 0.481 e. The number of nitrogen functional groups attached to an aromatic ring is 1. The number of halogens is 1. The molecule has 1 aromatic rings. The topological polar surface area (TPSA) is 87.2 Å². The van der Waals surface area contributed by atoms with Gasteiger partial charge in [0.2, 0.25) is 0 Å². The predicted octanol–water partition coefficient (Wildman–Crippen LogP) is 1.91. The number of aryl methyl sites for hydroxylation is 1. The van der Waals surface area contributed by atoms with Gasteiger partial charge in [-0.15, -0.1) is 0 Å². The maximum atomic E-state index is 13.2. The second kappa shape index (κ2) is 5.98. The van der Waals surface area contributed by atoms with Crippen LogP contribution < -0.4 is 5.73 Å². The number of hydrogen-bond acceptors (Lipinski definition) is 2. The summed E-state index contributed by atoms with van der Waals surface area (Å²) >= 11 is 0. The predicted molar refractivity (Wildman–Crippen MR) is 62.6 cm³/mol. The quantitative estimate of drug-likeness (QED) is 0.402. The molecule has 0 saturated heterocycles. The van der Waals surface area contributed by atoms with Gasteiger partial charge in [0.1, 0.15) is 11.7 Å². The average Bonchev–Trinajstić information content (AvgIpc) is 2.23. The average molecular weight is 238 g/mol. The Balaban J connectivity index is 2.59. The highest BCUT2D eigenvalue weighted by atomic mass is 19.1. The van der Waals surface area contributed by atoms with Crippen LogP contribution in [0.3, 0.4) is 0 Å². The van der Waals surface area contributed by atoms with Gasteiger partial charge in [0.15, 0.2) is 0 Å². The van der Waals surface area contributed by atoms with Gasteiger partial charge in [-0.3, -0.25) is 10.2 Å². The van der Waals surface area contributed by atoms with Crippen molar-refractivity contribution in [3.8, 4) is 0 Å². The van der Waals surface area contributed by atoms with Gasteiger partial charge in [0.05, 0.1) is 0 Å². The number of amidine groups is 1. The first-order valence-electron chi connectivity index (χ1n) is 5.34. The summed E-state index contributed by atoms with van der Waals surface area (Å²) in [5.74, 6) is -1.42. The molecule has 0 aliphatic heterocycles. The van der Waals surface area contributed by atoms with Crippen LogP contribution in [-0.2, 0) is 11.2 Å². The van der Waals surface area contributed by atoms with Crippen molar-refractivity contribution in [1.82, 2.24) is 0 Å². The summed E-state index contributed by atoms with van der Waals surface area (Å²) in [6.07, 6.45) is 1.94. The van der Waals surface area contributed by atoms with E-state index in [4.69, 9.17) is 16.2 Å². The van der Waals surface area contributed by atoms with E-state index in [-0.39, 0.29) is 12.3 Å². The van der Waals surface area contributed by atoms with Crippen molar-refractivity contribution in [2.75, 3.05) is 0 Å². The highest BCUT2D eigenvalue weighted by Crippen LogP contribution is 2.12. The first-order chi connectivity index (χ1) is 7.99. The van der Waals surface area contributed by atoms with Crippen molar-refractivity contribution >= 4 is 11.8 Å². The molecule has 0 spiro atoms. The molecule has 0 aliphatic rings. The lowest BCUT2D eigenvalue weighted by Gasteiger charge is -2.04. The molecule has 0 bridgehead atoms. The first kappa shape index (κ1) is 13.2. The number of unbranched alkanes of at least 4 members (excludes halogenated alkanes) is 1. The third-order valence-electron chi connectivity index (χ3n) is 2.37. The number of benzene rings is 1. The lowest BCUT2D eigenvalue weighted by Crippen LogP contribution is -2.11. The standard InChI is InChI=1S/C12H15FN2O2/c13-10-6-8(3-1-2-4-11(16)17)5-9(7-10)12(14)15/h5-7H,1-4H2,(H3,14,15)(H,16,17). The normalized spacial score (nSPS) is 10.2. The van der Waals surface area contributed by atoms with Crippen LogP contribution in [0, 0.1) is 11.2 Å². The molecule has 0 aromatic heterocycles. The number of nitrogens with one attached hydrogen (secondary N) is 1. The smallest absolute Gasteiger partial charge is 0.303 e. The molecule has 0 saturated carbocycles. The molecular weight excluding hydrogens is 223 g/mol. The van der Waals surface area contributed by atoms with E-state index in [1.807, 2.05) is 0 Å². The van der Waals surface area contributed by atoms with Crippen LogP contribution in [0.1, 0.15) is 30.4 Å². The summed E-state index contributed by atoms with van der Waals surface area (Å²) in [6, 6.07) is 4.25. The summed E-state index contributed by atoms with van der Waals surface area (Å²) < 4.78 is 13.2. The van der Waals surface area contributed by atoms with Crippen LogP contribution in [0.4, 0.5) is 4.39 Å². The summed E-state index contributed by atoms with van der Waals surface area (Å²) in [4.78, 5) is 10.3. The van der Waals surface area contributed by atoms with Crippen molar-refractivity contribution in [2.24, 2.45) is 5.73 Å². The van der Waals surface area contributed by atoms with Crippen LogP contribution in [0.2, 0.25) is 0 Å². The summed E-state index contributed by atoms with van der Waals surface area (Å²) in [6.45, 7) is 0. The summed E-state index contributed by atoms with van der Waals surface area (Å²) in [5, 5.41) is 15.7. The molecule has 5 heteroatoms. The minimum Gasteiger partial charge on any atom is -0.481 e. The molecule has 4 nitrogen and oxygen atoms in total. The van der Waals surface area contributed by atoms with Crippen LogP contribution in [0.25, 0.3) is 0 Å². The minimum absolute atomic E-state index is 0.120. The van der Waals surface area contributed by atoms with E-state index in [1.54, 1.807) is 6.07 Å².